The first kappa shape index (κ1) is 16.9. The topological polar surface area (TPSA) is 46.6 Å². The molecule has 0 saturated carbocycles. The third-order valence-corrected chi connectivity index (χ3v) is 5.83. The van der Waals surface area contributed by atoms with Crippen molar-refractivity contribution in [1.29, 1.82) is 0 Å². The summed E-state index contributed by atoms with van der Waals surface area (Å²) >= 11 is 12.0. The lowest BCUT2D eigenvalue weighted by Crippen LogP contribution is -2.31. The van der Waals surface area contributed by atoms with Gasteiger partial charge in [-0.25, -0.2) is 8.42 Å². The van der Waals surface area contributed by atoms with Crippen LogP contribution >= 0.6 is 23.2 Å². The van der Waals surface area contributed by atoms with Gasteiger partial charge in [-0.05, 0) is 31.2 Å². The number of benzene rings is 2. The molecule has 0 aliphatic rings. The van der Waals surface area contributed by atoms with Crippen LogP contribution in [0.5, 0.6) is 5.75 Å². The van der Waals surface area contributed by atoms with Crippen molar-refractivity contribution in [2.75, 3.05) is 18.0 Å². The summed E-state index contributed by atoms with van der Waals surface area (Å²) < 4.78 is 32.3. The summed E-state index contributed by atoms with van der Waals surface area (Å²) in [6.07, 6.45) is 0. The Labute approximate surface area is 140 Å². The van der Waals surface area contributed by atoms with Crippen molar-refractivity contribution >= 4 is 38.9 Å². The van der Waals surface area contributed by atoms with Gasteiger partial charge in [-0.1, -0.05) is 41.4 Å². The van der Waals surface area contributed by atoms with Gasteiger partial charge < -0.3 is 4.74 Å². The van der Waals surface area contributed by atoms with Crippen molar-refractivity contribution in [1.82, 2.24) is 0 Å². The highest BCUT2D eigenvalue weighted by Crippen LogP contribution is 2.39. The second kappa shape index (κ2) is 6.77. The number of rotatable bonds is 5. The average Bonchev–Trinajstić information content (AvgIpc) is 2.51. The first-order chi connectivity index (χ1) is 10.4. The van der Waals surface area contributed by atoms with Crippen LogP contribution in [0.1, 0.15) is 6.92 Å². The maximum Gasteiger partial charge on any atom is 0.268 e. The third kappa shape index (κ3) is 3.02. The van der Waals surface area contributed by atoms with Crippen LogP contribution in [0.3, 0.4) is 0 Å². The van der Waals surface area contributed by atoms with E-state index < -0.39 is 10.0 Å². The number of hydrogen-bond donors (Lipinski definition) is 0. The van der Waals surface area contributed by atoms with E-state index in [0.717, 1.165) is 0 Å². The molecule has 0 spiro atoms. The molecular weight excluding hydrogens is 345 g/mol. The van der Waals surface area contributed by atoms with Gasteiger partial charge in [0.1, 0.15) is 9.92 Å². The van der Waals surface area contributed by atoms with Gasteiger partial charge in [0.2, 0.25) is 0 Å². The van der Waals surface area contributed by atoms with E-state index in [2.05, 4.69) is 0 Å². The summed E-state index contributed by atoms with van der Waals surface area (Å²) in [4.78, 5) is -0.0184. The predicted octanol–water partition coefficient (Wildman–Crippen LogP) is 4.22. The van der Waals surface area contributed by atoms with Crippen molar-refractivity contribution in [2.45, 2.75) is 11.8 Å². The van der Waals surface area contributed by atoms with E-state index in [1.54, 1.807) is 31.2 Å². The van der Waals surface area contributed by atoms with E-state index in [9.17, 15) is 8.42 Å². The monoisotopic (exact) mass is 359 g/mol. The number of anilines is 1. The van der Waals surface area contributed by atoms with Crippen molar-refractivity contribution in [3.63, 3.8) is 0 Å². The number of para-hydroxylation sites is 1. The fourth-order valence-electron chi connectivity index (χ4n) is 2.11. The van der Waals surface area contributed by atoms with Crippen LogP contribution in [0.2, 0.25) is 10.0 Å². The molecule has 0 saturated heterocycles. The molecule has 0 aromatic heterocycles. The number of hydrogen-bond acceptors (Lipinski definition) is 3. The van der Waals surface area contributed by atoms with Gasteiger partial charge in [0.15, 0.2) is 5.75 Å². The summed E-state index contributed by atoms with van der Waals surface area (Å²) in [5.41, 5.74) is 0.568. The first-order valence-electron chi connectivity index (χ1n) is 6.53. The van der Waals surface area contributed by atoms with Crippen molar-refractivity contribution in [2.24, 2.45) is 0 Å². The molecule has 0 unspecified atom stereocenters. The van der Waals surface area contributed by atoms with Crippen LogP contribution in [-0.4, -0.2) is 22.1 Å². The molecule has 0 heterocycles. The van der Waals surface area contributed by atoms with Gasteiger partial charge in [0, 0.05) is 6.54 Å². The SMILES string of the molecule is CCN(c1ccccc1)S(=O)(=O)c1ccc(Cl)c(Cl)c1OC. The molecule has 0 fully saturated rings. The zero-order valence-corrected chi connectivity index (χ0v) is 14.4. The molecule has 118 valence electrons. The Kier molecular flexibility index (Phi) is 5.21. The standard InChI is InChI=1S/C15H15Cl2NO3S/c1-3-18(11-7-5-4-6-8-11)22(19,20)13-10-9-12(16)14(17)15(13)21-2/h4-10H,3H2,1-2H3. The minimum absolute atomic E-state index is 0.0184. The van der Waals surface area contributed by atoms with E-state index in [1.807, 2.05) is 6.07 Å². The molecule has 0 atom stereocenters. The zero-order valence-electron chi connectivity index (χ0n) is 12.1. The first-order valence-corrected chi connectivity index (χ1v) is 8.72. The van der Waals surface area contributed by atoms with Crippen molar-refractivity contribution < 1.29 is 13.2 Å². The molecule has 2 aromatic carbocycles. The fourth-order valence-corrected chi connectivity index (χ4v) is 4.20. The molecule has 4 nitrogen and oxygen atoms in total. The van der Waals surface area contributed by atoms with Crippen LogP contribution in [0.15, 0.2) is 47.4 Å². The van der Waals surface area contributed by atoms with E-state index in [1.165, 1.54) is 23.5 Å². The lowest BCUT2D eigenvalue weighted by Gasteiger charge is -2.24. The van der Waals surface area contributed by atoms with Gasteiger partial charge in [-0.15, -0.1) is 0 Å². The molecule has 0 radical (unpaired) electrons. The quantitative estimate of drug-likeness (QED) is 0.802. The average molecular weight is 360 g/mol. The zero-order chi connectivity index (χ0) is 16.3. The van der Waals surface area contributed by atoms with Crippen LogP contribution in [-0.2, 0) is 10.0 Å². The number of ether oxygens (including phenoxy) is 1. The molecule has 22 heavy (non-hydrogen) atoms. The van der Waals surface area contributed by atoms with Gasteiger partial charge in [0.25, 0.3) is 10.0 Å². The number of methoxy groups -OCH3 is 1. The van der Waals surface area contributed by atoms with E-state index in [0.29, 0.717) is 5.69 Å². The Morgan fingerprint density at radius 1 is 1.09 bits per heavy atom. The molecule has 0 aliphatic heterocycles. The summed E-state index contributed by atoms with van der Waals surface area (Å²) in [6, 6.07) is 11.7. The highest BCUT2D eigenvalue weighted by atomic mass is 35.5. The predicted molar refractivity (Wildman–Crippen MR) is 89.7 cm³/mol. The third-order valence-electron chi connectivity index (χ3n) is 3.12. The van der Waals surface area contributed by atoms with Crippen molar-refractivity contribution in [3.05, 3.63) is 52.5 Å². The van der Waals surface area contributed by atoms with Gasteiger partial charge in [-0.3, -0.25) is 4.31 Å². The molecule has 0 N–H and O–H groups in total. The van der Waals surface area contributed by atoms with Crippen LogP contribution in [0, 0.1) is 0 Å². The molecule has 7 heteroatoms. The lowest BCUT2D eigenvalue weighted by atomic mass is 10.3. The highest BCUT2D eigenvalue weighted by Gasteiger charge is 2.29. The van der Waals surface area contributed by atoms with E-state index in [4.69, 9.17) is 27.9 Å². The Balaban J connectivity index is 2.62. The molecule has 0 bridgehead atoms. The molecule has 0 aliphatic carbocycles. The summed E-state index contributed by atoms with van der Waals surface area (Å²) in [5, 5.41) is 0.314. The number of nitrogens with zero attached hydrogens (tertiary/aromatic N) is 1. The Morgan fingerprint density at radius 2 is 1.73 bits per heavy atom. The van der Waals surface area contributed by atoms with Gasteiger partial charge >= 0.3 is 0 Å². The van der Waals surface area contributed by atoms with E-state index >= 15 is 0 Å². The molecule has 0 amide bonds. The summed E-state index contributed by atoms with van der Waals surface area (Å²) in [6.45, 7) is 2.03. The van der Waals surface area contributed by atoms with E-state index in [-0.39, 0.29) is 27.2 Å². The molecular formula is C15H15Cl2NO3S. The van der Waals surface area contributed by atoms with Crippen LogP contribution < -0.4 is 9.04 Å². The largest absolute Gasteiger partial charge is 0.494 e. The van der Waals surface area contributed by atoms with Crippen LogP contribution in [0.4, 0.5) is 5.69 Å². The normalized spacial score (nSPS) is 11.3. The minimum atomic E-state index is -3.82. The second-order valence-electron chi connectivity index (χ2n) is 4.40. The molecule has 2 rings (SSSR count). The highest BCUT2D eigenvalue weighted by molar-refractivity contribution is 7.93. The Hall–Kier alpha value is -1.43. The van der Waals surface area contributed by atoms with Crippen molar-refractivity contribution in [3.8, 4) is 5.75 Å². The van der Waals surface area contributed by atoms with Gasteiger partial charge in [0.05, 0.1) is 17.8 Å². The Morgan fingerprint density at radius 3 is 2.27 bits per heavy atom. The number of sulfonamides is 1. The smallest absolute Gasteiger partial charge is 0.268 e. The maximum absolute atomic E-state index is 13.0. The second-order valence-corrected chi connectivity index (χ2v) is 7.01. The maximum atomic E-state index is 13.0. The fraction of sp³-hybridized carbons (Fsp3) is 0.200. The van der Waals surface area contributed by atoms with Gasteiger partial charge in [-0.2, -0.15) is 0 Å². The summed E-state index contributed by atoms with van der Waals surface area (Å²) in [5.74, 6) is 0.0450. The lowest BCUT2D eigenvalue weighted by molar-refractivity contribution is 0.403. The Bertz CT molecular complexity index is 764. The van der Waals surface area contributed by atoms with Crippen LogP contribution in [0.25, 0.3) is 0 Å². The summed E-state index contributed by atoms with van der Waals surface area (Å²) in [7, 11) is -2.46. The molecule has 2 aromatic rings. The number of halogens is 2. The minimum Gasteiger partial charge on any atom is -0.494 e.